The van der Waals surface area contributed by atoms with Crippen LogP contribution in [0, 0.1) is 6.92 Å². The Morgan fingerprint density at radius 2 is 1.86 bits per heavy atom. The third-order valence-corrected chi connectivity index (χ3v) is 5.79. The summed E-state index contributed by atoms with van der Waals surface area (Å²) in [5, 5.41) is 11.9. The predicted octanol–water partition coefficient (Wildman–Crippen LogP) is 2.86. The van der Waals surface area contributed by atoms with E-state index in [1.165, 1.54) is 11.8 Å². The molecule has 0 aliphatic carbocycles. The first-order valence-corrected chi connectivity index (χ1v) is 10.5. The molecular formula is C20H26N6O2S. The Hall–Kier alpha value is -2.81. The molecule has 8 nitrogen and oxygen atoms in total. The molecule has 29 heavy (non-hydrogen) atoms. The summed E-state index contributed by atoms with van der Waals surface area (Å²) in [4.78, 5) is 25.3. The van der Waals surface area contributed by atoms with Crippen LogP contribution in [0.15, 0.2) is 40.3 Å². The summed E-state index contributed by atoms with van der Waals surface area (Å²) < 4.78 is 5.24. The van der Waals surface area contributed by atoms with E-state index in [0.717, 1.165) is 16.7 Å². The SMILES string of the molecule is Cc1c(NC(=O)CCSc2nnc(C(C)C)n2C)c(=O)n(-c2ccccc2)n1C. The molecule has 2 aromatic heterocycles. The number of aromatic nitrogens is 5. The topological polar surface area (TPSA) is 86.7 Å². The molecule has 0 unspecified atom stereocenters. The van der Waals surface area contributed by atoms with E-state index in [4.69, 9.17) is 0 Å². The number of thioether (sulfide) groups is 1. The summed E-state index contributed by atoms with van der Waals surface area (Å²) in [6.45, 7) is 5.95. The van der Waals surface area contributed by atoms with Crippen LogP contribution in [0.25, 0.3) is 5.69 Å². The predicted molar refractivity (Wildman–Crippen MR) is 115 cm³/mol. The molecule has 0 radical (unpaired) electrons. The lowest BCUT2D eigenvalue weighted by atomic mass is 10.2. The van der Waals surface area contributed by atoms with Crippen molar-refractivity contribution in [2.24, 2.45) is 14.1 Å². The van der Waals surface area contributed by atoms with Gasteiger partial charge in [-0.2, -0.15) is 0 Å². The van der Waals surface area contributed by atoms with Gasteiger partial charge in [-0.3, -0.25) is 14.3 Å². The van der Waals surface area contributed by atoms with Gasteiger partial charge in [-0.15, -0.1) is 10.2 Å². The third kappa shape index (κ3) is 4.29. The van der Waals surface area contributed by atoms with Crippen LogP contribution in [0.5, 0.6) is 0 Å². The van der Waals surface area contributed by atoms with E-state index in [1.807, 2.05) is 48.9 Å². The van der Waals surface area contributed by atoms with Crippen LogP contribution >= 0.6 is 11.8 Å². The first-order chi connectivity index (χ1) is 13.8. The molecule has 0 aliphatic rings. The lowest BCUT2D eigenvalue weighted by Gasteiger charge is -2.07. The van der Waals surface area contributed by atoms with Gasteiger partial charge >= 0.3 is 0 Å². The number of benzene rings is 1. The molecule has 0 fully saturated rings. The Morgan fingerprint density at radius 3 is 2.48 bits per heavy atom. The molecule has 3 rings (SSSR count). The van der Waals surface area contributed by atoms with Crippen molar-refractivity contribution in [3.63, 3.8) is 0 Å². The summed E-state index contributed by atoms with van der Waals surface area (Å²) in [7, 11) is 3.73. The van der Waals surface area contributed by atoms with Crippen LogP contribution in [0.4, 0.5) is 5.69 Å². The summed E-state index contributed by atoms with van der Waals surface area (Å²) in [5.41, 5.74) is 1.52. The maximum absolute atomic E-state index is 12.9. The van der Waals surface area contributed by atoms with Crippen LogP contribution in [0.2, 0.25) is 0 Å². The molecule has 0 spiro atoms. The van der Waals surface area contributed by atoms with E-state index < -0.39 is 0 Å². The number of carbonyl (C=O) groups is 1. The number of rotatable bonds is 7. The molecule has 1 aromatic carbocycles. The Bertz CT molecular complexity index is 1060. The van der Waals surface area contributed by atoms with E-state index in [0.29, 0.717) is 17.1 Å². The standard InChI is InChI=1S/C20H26N6O2S/c1-13(2)18-22-23-20(24(18)4)29-12-11-16(27)21-17-14(3)25(5)26(19(17)28)15-9-7-6-8-10-15/h6-10,13H,11-12H2,1-5H3,(H,21,27). The monoisotopic (exact) mass is 414 g/mol. The second-order valence-electron chi connectivity index (χ2n) is 7.14. The van der Waals surface area contributed by atoms with Crippen molar-refractivity contribution in [2.75, 3.05) is 11.1 Å². The molecule has 0 bridgehead atoms. The minimum absolute atomic E-state index is 0.199. The molecule has 154 valence electrons. The van der Waals surface area contributed by atoms with Gasteiger partial charge in [0, 0.05) is 32.2 Å². The zero-order chi connectivity index (χ0) is 21.1. The summed E-state index contributed by atoms with van der Waals surface area (Å²) in [6.07, 6.45) is 0.271. The van der Waals surface area contributed by atoms with E-state index in [2.05, 4.69) is 29.4 Å². The molecule has 2 heterocycles. The number of para-hydroxylation sites is 1. The van der Waals surface area contributed by atoms with Crippen molar-refractivity contribution >= 4 is 23.4 Å². The fourth-order valence-electron chi connectivity index (χ4n) is 3.10. The minimum atomic E-state index is -0.243. The summed E-state index contributed by atoms with van der Waals surface area (Å²) >= 11 is 1.48. The summed E-state index contributed by atoms with van der Waals surface area (Å²) in [5.74, 6) is 1.56. The highest BCUT2D eigenvalue weighted by Gasteiger charge is 2.18. The first-order valence-electron chi connectivity index (χ1n) is 9.47. The van der Waals surface area contributed by atoms with Crippen molar-refractivity contribution < 1.29 is 4.79 Å². The van der Waals surface area contributed by atoms with E-state index in [-0.39, 0.29) is 23.8 Å². The van der Waals surface area contributed by atoms with Crippen LogP contribution in [0.3, 0.4) is 0 Å². The molecule has 1 N–H and O–H groups in total. The van der Waals surface area contributed by atoms with Crippen molar-refractivity contribution in [3.8, 4) is 5.69 Å². The molecule has 3 aromatic rings. The van der Waals surface area contributed by atoms with Gasteiger partial charge in [-0.05, 0) is 19.1 Å². The molecule has 0 atom stereocenters. The van der Waals surface area contributed by atoms with Gasteiger partial charge in [-0.1, -0.05) is 43.8 Å². The van der Waals surface area contributed by atoms with Gasteiger partial charge in [-0.25, -0.2) is 4.68 Å². The number of hydrogen-bond donors (Lipinski definition) is 1. The average Bonchev–Trinajstić information content (AvgIpc) is 3.15. The van der Waals surface area contributed by atoms with E-state index in [9.17, 15) is 9.59 Å². The Labute approximate surface area is 173 Å². The van der Waals surface area contributed by atoms with Crippen molar-refractivity contribution in [3.05, 3.63) is 52.2 Å². The van der Waals surface area contributed by atoms with Crippen molar-refractivity contribution in [1.82, 2.24) is 24.1 Å². The third-order valence-electron chi connectivity index (χ3n) is 4.76. The molecule has 0 saturated heterocycles. The zero-order valence-corrected chi connectivity index (χ0v) is 18.2. The van der Waals surface area contributed by atoms with Gasteiger partial charge in [0.05, 0.1) is 11.4 Å². The number of hydrogen-bond acceptors (Lipinski definition) is 5. The van der Waals surface area contributed by atoms with E-state index in [1.54, 1.807) is 16.4 Å². The van der Waals surface area contributed by atoms with Crippen molar-refractivity contribution in [2.45, 2.75) is 38.3 Å². The maximum Gasteiger partial charge on any atom is 0.295 e. The molecule has 0 aliphatic heterocycles. The normalized spacial score (nSPS) is 11.2. The number of nitrogens with zero attached hydrogens (tertiary/aromatic N) is 5. The zero-order valence-electron chi connectivity index (χ0n) is 17.3. The second-order valence-corrected chi connectivity index (χ2v) is 8.20. The molecule has 0 saturated carbocycles. The quantitative estimate of drug-likeness (QED) is 0.601. The lowest BCUT2D eigenvalue weighted by molar-refractivity contribution is -0.115. The van der Waals surface area contributed by atoms with Gasteiger partial charge in [0.1, 0.15) is 11.5 Å². The first kappa shape index (κ1) is 20.9. The summed E-state index contributed by atoms with van der Waals surface area (Å²) in [6, 6.07) is 9.35. The smallest absolute Gasteiger partial charge is 0.295 e. The molecule has 9 heteroatoms. The fourth-order valence-corrected chi connectivity index (χ4v) is 3.96. The van der Waals surface area contributed by atoms with Gasteiger partial charge < -0.3 is 9.88 Å². The van der Waals surface area contributed by atoms with Gasteiger partial charge in [0.2, 0.25) is 5.91 Å². The lowest BCUT2D eigenvalue weighted by Crippen LogP contribution is -2.23. The van der Waals surface area contributed by atoms with Crippen LogP contribution in [-0.4, -0.2) is 35.8 Å². The van der Waals surface area contributed by atoms with Gasteiger partial charge in [0.25, 0.3) is 5.56 Å². The highest BCUT2D eigenvalue weighted by Crippen LogP contribution is 2.21. The maximum atomic E-state index is 12.9. The Kier molecular flexibility index (Phi) is 6.26. The minimum Gasteiger partial charge on any atom is -0.320 e. The average molecular weight is 415 g/mol. The Balaban J connectivity index is 1.66. The highest BCUT2D eigenvalue weighted by molar-refractivity contribution is 7.99. The number of carbonyl (C=O) groups excluding carboxylic acids is 1. The van der Waals surface area contributed by atoms with Crippen molar-refractivity contribution in [1.29, 1.82) is 0 Å². The number of anilines is 1. The van der Waals surface area contributed by atoms with Crippen LogP contribution in [-0.2, 0) is 18.9 Å². The highest BCUT2D eigenvalue weighted by atomic mass is 32.2. The van der Waals surface area contributed by atoms with Crippen LogP contribution < -0.4 is 10.9 Å². The molecule has 1 amide bonds. The number of nitrogens with one attached hydrogen (secondary N) is 1. The molecular weight excluding hydrogens is 388 g/mol. The van der Waals surface area contributed by atoms with E-state index >= 15 is 0 Å². The van der Waals surface area contributed by atoms with Crippen LogP contribution in [0.1, 0.15) is 37.7 Å². The largest absolute Gasteiger partial charge is 0.320 e. The second kappa shape index (κ2) is 8.69. The Morgan fingerprint density at radius 1 is 1.17 bits per heavy atom. The number of amides is 1. The fraction of sp³-hybridized carbons (Fsp3) is 0.400. The van der Waals surface area contributed by atoms with Gasteiger partial charge in [0.15, 0.2) is 5.16 Å².